The zero-order valence-corrected chi connectivity index (χ0v) is 17.6. The second kappa shape index (κ2) is 7.81. The Morgan fingerprint density at radius 1 is 1.19 bits per heavy atom. The molecule has 4 aromatic rings. The van der Waals surface area contributed by atoms with Crippen molar-refractivity contribution in [2.24, 2.45) is 0 Å². The lowest BCUT2D eigenvalue weighted by Crippen LogP contribution is -2.20. The van der Waals surface area contributed by atoms with Gasteiger partial charge in [-0.3, -0.25) is 4.68 Å². The van der Waals surface area contributed by atoms with E-state index in [-0.39, 0.29) is 11.9 Å². The number of aromatic nitrogens is 4. The smallest absolute Gasteiger partial charge is 0.237 e. The van der Waals surface area contributed by atoms with E-state index in [0.29, 0.717) is 47.2 Å². The van der Waals surface area contributed by atoms with Gasteiger partial charge < -0.3 is 15.4 Å². The highest BCUT2D eigenvalue weighted by atomic mass is 19.1. The van der Waals surface area contributed by atoms with E-state index in [1.165, 1.54) is 6.07 Å². The first-order valence-electron chi connectivity index (χ1n) is 10.2. The number of nitrogens with zero attached hydrogens (tertiary/aromatic N) is 5. The number of rotatable bonds is 4. The third kappa shape index (κ3) is 3.46. The zero-order valence-electron chi connectivity index (χ0n) is 17.6. The van der Waals surface area contributed by atoms with Gasteiger partial charge in [0.2, 0.25) is 5.88 Å². The molecule has 2 N–H and O–H groups in total. The first kappa shape index (κ1) is 19.8. The first-order valence-corrected chi connectivity index (χ1v) is 10.2. The van der Waals surface area contributed by atoms with Crippen LogP contribution in [0.2, 0.25) is 0 Å². The van der Waals surface area contributed by atoms with Gasteiger partial charge in [-0.2, -0.15) is 10.4 Å². The SMILES string of the molecule is Cc1c(-c2cc3cc(Nc4ccn([C@H](C)C#N)n4)ncc3cc2F)cnc2c1NCCO2. The second-order valence-electron chi connectivity index (χ2n) is 7.61. The topological polar surface area (TPSA) is 101 Å². The monoisotopic (exact) mass is 429 g/mol. The lowest BCUT2D eigenvalue weighted by atomic mass is 9.98. The highest BCUT2D eigenvalue weighted by Gasteiger charge is 2.19. The summed E-state index contributed by atoms with van der Waals surface area (Å²) in [5.41, 5.74) is 2.85. The Morgan fingerprint density at radius 2 is 2.06 bits per heavy atom. The molecule has 9 heteroatoms. The molecule has 0 unspecified atom stereocenters. The van der Waals surface area contributed by atoms with Crippen molar-refractivity contribution >= 4 is 28.1 Å². The zero-order chi connectivity index (χ0) is 22.2. The second-order valence-corrected chi connectivity index (χ2v) is 7.61. The van der Waals surface area contributed by atoms with Crippen LogP contribution in [0.5, 0.6) is 5.88 Å². The minimum atomic E-state index is -0.367. The molecule has 0 saturated carbocycles. The molecule has 1 aliphatic rings. The Labute approximate surface area is 183 Å². The van der Waals surface area contributed by atoms with Crippen molar-refractivity contribution in [3.8, 4) is 23.1 Å². The summed E-state index contributed by atoms with van der Waals surface area (Å²) in [6, 6.07) is 8.66. The van der Waals surface area contributed by atoms with E-state index in [1.807, 2.05) is 13.0 Å². The molecule has 4 heterocycles. The van der Waals surface area contributed by atoms with Crippen LogP contribution in [-0.2, 0) is 0 Å². The minimum absolute atomic E-state index is 0.342. The predicted molar refractivity (Wildman–Crippen MR) is 119 cm³/mol. The summed E-state index contributed by atoms with van der Waals surface area (Å²) in [7, 11) is 0. The van der Waals surface area contributed by atoms with Gasteiger partial charge in [-0.15, -0.1) is 0 Å². The summed E-state index contributed by atoms with van der Waals surface area (Å²) in [4.78, 5) is 8.73. The Kier molecular flexibility index (Phi) is 4.82. The molecule has 3 aromatic heterocycles. The van der Waals surface area contributed by atoms with E-state index in [1.54, 1.807) is 42.3 Å². The molecule has 0 bridgehead atoms. The molecule has 1 aromatic carbocycles. The van der Waals surface area contributed by atoms with Crippen molar-refractivity contribution in [2.45, 2.75) is 19.9 Å². The minimum Gasteiger partial charge on any atom is -0.474 e. The van der Waals surface area contributed by atoms with Gasteiger partial charge in [-0.25, -0.2) is 14.4 Å². The molecule has 0 radical (unpaired) electrons. The van der Waals surface area contributed by atoms with Crippen LogP contribution >= 0.6 is 0 Å². The summed E-state index contributed by atoms with van der Waals surface area (Å²) in [6.07, 6.45) is 5.00. The molecule has 5 rings (SSSR count). The molecule has 8 nitrogen and oxygen atoms in total. The highest BCUT2D eigenvalue weighted by Crippen LogP contribution is 2.37. The predicted octanol–water partition coefficient (Wildman–Crippen LogP) is 4.57. The van der Waals surface area contributed by atoms with Crippen LogP contribution < -0.4 is 15.4 Å². The molecule has 1 atom stereocenters. The van der Waals surface area contributed by atoms with Crippen LogP contribution in [0.4, 0.5) is 21.7 Å². The summed E-state index contributed by atoms with van der Waals surface area (Å²) < 4.78 is 22.2. The molecule has 0 saturated heterocycles. The lowest BCUT2D eigenvalue weighted by molar-refractivity contribution is 0.310. The number of benzene rings is 1. The number of halogens is 1. The molecule has 0 aliphatic carbocycles. The Balaban J connectivity index is 1.51. The number of pyridine rings is 2. The quantitative estimate of drug-likeness (QED) is 0.490. The van der Waals surface area contributed by atoms with E-state index < -0.39 is 0 Å². The van der Waals surface area contributed by atoms with Gasteiger partial charge in [-0.1, -0.05) is 0 Å². The standard InChI is InChI=1S/C23H20FN7O/c1-13(10-25)31-5-3-20(30-31)29-21-9-15-7-17(19(24)8-16(15)11-27-21)18-12-28-23-22(14(18)2)26-4-6-32-23/h3,5,7-9,11-13,26H,4,6H2,1-2H3,(H,27,29,30)/t13-/m1/s1. The number of nitriles is 1. The molecular formula is C23H20FN7O. The number of anilines is 3. The van der Waals surface area contributed by atoms with Crippen LogP contribution in [-0.4, -0.2) is 32.9 Å². The summed E-state index contributed by atoms with van der Waals surface area (Å²) >= 11 is 0. The molecule has 32 heavy (non-hydrogen) atoms. The largest absolute Gasteiger partial charge is 0.474 e. The van der Waals surface area contributed by atoms with E-state index >= 15 is 4.39 Å². The fourth-order valence-electron chi connectivity index (χ4n) is 3.74. The first-order chi connectivity index (χ1) is 15.5. The number of fused-ring (bicyclic) bond motifs is 2. The Hall–Kier alpha value is -4.19. The molecule has 1 aliphatic heterocycles. The normalized spacial score (nSPS) is 13.6. The van der Waals surface area contributed by atoms with Crippen molar-refractivity contribution in [3.63, 3.8) is 0 Å². The Morgan fingerprint density at radius 3 is 2.91 bits per heavy atom. The van der Waals surface area contributed by atoms with Gasteiger partial charge >= 0.3 is 0 Å². The van der Waals surface area contributed by atoms with Gasteiger partial charge in [0.1, 0.15) is 30.0 Å². The van der Waals surface area contributed by atoms with Gasteiger partial charge in [0.05, 0.1) is 6.07 Å². The van der Waals surface area contributed by atoms with E-state index in [9.17, 15) is 0 Å². The highest BCUT2D eigenvalue weighted by molar-refractivity contribution is 5.90. The maximum atomic E-state index is 15.0. The van der Waals surface area contributed by atoms with Crippen molar-refractivity contribution in [2.75, 3.05) is 23.8 Å². The fourth-order valence-corrected chi connectivity index (χ4v) is 3.74. The van der Waals surface area contributed by atoms with Crippen molar-refractivity contribution in [1.29, 1.82) is 5.26 Å². The fraction of sp³-hybridized carbons (Fsp3) is 0.217. The van der Waals surface area contributed by atoms with Crippen molar-refractivity contribution < 1.29 is 9.13 Å². The average Bonchev–Trinajstić information content (AvgIpc) is 3.27. The molecule has 160 valence electrons. The summed E-state index contributed by atoms with van der Waals surface area (Å²) in [6.45, 7) is 4.93. The number of nitrogens with one attached hydrogen (secondary N) is 2. The maximum absolute atomic E-state index is 15.0. The number of hydrogen-bond acceptors (Lipinski definition) is 7. The van der Waals surface area contributed by atoms with Gasteiger partial charge in [0, 0.05) is 47.7 Å². The Bertz CT molecular complexity index is 1380. The number of hydrogen-bond donors (Lipinski definition) is 2. The van der Waals surface area contributed by atoms with Crippen LogP contribution in [0.3, 0.4) is 0 Å². The maximum Gasteiger partial charge on any atom is 0.237 e. The third-order valence-electron chi connectivity index (χ3n) is 5.49. The third-order valence-corrected chi connectivity index (χ3v) is 5.49. The van der Waals surface area contributed by atoms with Crippen LogP contribution in [0.25, 0.3) is 21.9 Å². The molecular weight excluding hydrogens is 409 g/mol. The van der Waals surface area contributed by atoms with Gasteiger partial charge in [0.25, 0.3) is 0 Å². The van der Waals surface area contributed by atoms with E-state index in [4.69, 9.17) is 10.00 Å². The lowest BCUT2D eigenvalue weighted by Gasteiger charge is -2.21. The molecule has 0 amide bonds. The van der Waals surface area contributed by atoms with Gasteiger partial charge in [-0.05, 0) is 43.0 Å². The van der Waals surface area contributed by atoms with E-state index in [2.05, 4.69) is 31.8 Å². The van der Waals surface area contributed by atoms with E-state index in [0.717, 1.165) is 16.6 Å². The number of ether oxygens (including phenoxy) is 1. The van der Waals surface area contributed by atoms with Crippen LogP contribution in [0, 0.1) is 24.1 Å². The van der Waals surface area contributed by atoms with Crippen LogP contribution in [0.15, 0.2) is 42.9 Å². The summed E-state index contributed by atoms with van der Waals surface area (Å²) in [5, 5.41) is 21.3. The van der Waals surface area contributed by atoms with Gasteiger partial charge in [0.15, 0.2) is 5.82 Å². The van der Waals surface area contributed by atoms with Crippen LogP contribution in [0.1, 0.15) is 18.5 Å². The van der Waals surface area contributed by atoms with Crippen molar-refractivity contribution in [3.05, 3.63) is 54.2 Å². The van der Waals surface area contributed by atoms with Crippen molar-refractivity contribution in [1.82, 2.24) is 19.7 Å². The molecule has 0 fully saturated rings. The molecule has 0 spiro atoms. The summed E-state index contributed by atoms with van der Waals surface area (Å²) in [5.74, 6) is 1.34. The average molecular weight is 429 g/mol.